The van der Waals surface area contributed by atoms with Gasteiger partial charge in [0.05, 0.1) is 12.6 Å². The van der Waals surface area contributed by atoms with Gasteiger partial charge in [-0.15, -0.1) is 0 Å². The van der Waals surface area contributed by atoms with Gasteiger partial charge in [0, 0.05) is 46.4 Å². The molecule has 1 aliphatic heterocycles. The molecular weight excluding hydrogens is 247 g/mol. The van der Waals surface area contributed by atoms with Crippen LogP contribution in [-0.2, 0) is 4.74 Å². The van der Waals surface area contributed by atoms with Crippen LogP contribution in [0.5, 0.6) is 0 Å². The maximum absolute atomic E-state index is 12.2. The highest BCUT2D eigenvalue weighted by Gasteiger charge is 2.32. The molecular formula is C11H22F3N3O. The SMILES string of the molecule is COC(CN)CCN1CCN(CC(F)(F)F)CC1. The van der Waals surface area contributed by atoms with Gasteiger partial charge in [0.2, 0.25) is 0 Å². The van der Waals surface area contributed by atoms with Crippen LogP contribution in [0.3, 0.4) is 0 Å². The van der Waals surface area contributed by atoms with E-state index in [4.69, 9.17) is 10.5 Å². The lowest BCUT2D eigenvalue weighted by Crippen LogP contribution is -2.49. The van der Waals surface area contributed by atoms with Crippen LogP contribution in [0.15, 0.2) is 0 Å². The van der Waals surface area contributed by atoms with Crippen LogP contribution in [-0.4, -0.2) is 75.0 Å². The first-order chi connectivity index (χ1) is 8.44. The first-order valence-corrected chi connectivity index (χ1v) is 6.19. The molecule has 1 saturated heterocycles. The molecule has 0 aromatic rings. The Hall–Kier alpha value is -0.370. The predicted octanol–water partition coefficient (Wildman–Crippen LogP) is 0.530. The van der Waals surface area contributed by atoms with E-state index in [-0.39, 0.29) is 6.10 Å². The summed E-state index contributed by atoms with van der Waals surface area (Å²) in [6, 6.07) is 0. The molecule has 1 unspecified atom stereocenters. The molecule has 18 heavy (non-hydrogen) atoms. The fraction of sp³-hybridized carbons (Fsp3) is 1.00. The molecule has 2 N–H and O–H groups in total. The summed E-state index contributed by atoms with van der Waals surface area (Å²) < 4.78 is 41.8. The fourth-order valence-corrected chi connectivity index (χ4v) is 2.08. The van der Waals surface area contributed by atoms with E-state index in [1.807, 2.05) is 0 Å². The molecule has 0 amide bonds. The Balaban J connectivity index is 2.19. The number of rotatable bonds is 6. The van der Waals surface area contributed by atoms with Crippen molar-refractivity contribution in [1.82, 2.24) is 9.80 Å². The maximum atomic E-state index is 12.2. The summed E-state index contributed by atoms with van der Waals surface area (Å²) in [6.45, 7) is 2.80. The van der Waals surface area contributed by atoms with Crippen LogP contribution in [0.2, 0.25) is 0 Å². The van der Waals surface area contributed by atoms with Gasteiger partial charge in [0.1, 0.15) is 0 Å². The zero-order chi connectivity index (χ0) is 13.6. The van der Waals surface area contributed by atoms with Gasteiger partial charge < -0.3 is 15.4 Å². The zero-order valence-corrected chi connectivity index (χ0v) is 10.7. The number of nitrogens with zero attached hydrogens (tertiary/aromatic N) is 2. The molecule has 1 atom stereocenters. The third-order valence-corrected chi connectivity index (χ3v) is 3.23. The molecule has 0 saturated carbocycles. The van der Waals surface area contributed by atoms with E-state index in [9.17, 15) is 13.2 Å². The zero-order valence-electron chi connectivity index (χ0n) is 10.7. The summed E-state index contributed by atoms with van der Waals surface area (Å²) in [6.07, 6.45) is -3.23. The van der Waals surface area contributed by atoms with Crippen LogP contribution in [0.4, 0.5) is 13.2 Å². The molecule has 108 valence electrons. The van der Waals surface area contributed by atoms with Crippen molar-refractivity contribution in [2.45, 2.75) is 18.7 Å². The molecule has 1 heterocycles. The average Bonchev–Trinajstić information content (AvgIpc) is 2.30. The van der Waals surface area contributed by atoms with Crippen molar-refractivity contribution < 1.29 is 17.9 Å². The van der Waals surface area contributed by atoms with E-state index in [1.54, 1.807) is 7.11 Å². The van der Waals surface area contributed by atoms with Gasteiger partial charge in [-0.3, -0.25) is 4.90 Å². The standard InChI is InChI=1S/C11H22F3N3O/c1-18-10(8-15)2-3-16-4-6-17(7-5-16)9-11(12,13)14/h10H,2-9,15H2,1H3. The van der Waals surface area contributed by atoms with Crippen LogP contribution in [0, 0.1) is 0 Å². The average molecular weight is 269 g/mol. The van der Waals surface area contributed by atoms with Gasteiger partial charge in [0.25, 0.3) is 0 Å². The molecule has 0 aromatic heterocycles. The van der Waals surface area contributed by atoms with Gasteiger partial charge in [0.15, 0.2) is 0 Å². The highest BCUT2D eigenvalue weighted by atomic mass is 19.4. The molecule has 1 rings (SSSR count). The number of hydrogen-bond acceptors (Lipinski definition) is 4. The lowest BCUT2D eigenvalue weighted by atomic mass is 10.2. The van der Waals surface area contributed by atoms with E-state index in [1.165, 1.54) is 4.90 Å². The predicted molar refractivity (Wildman–Crippen MR) is 63.4 cm³/mol. The normalized spacial score (nSPS) is 21.2. The Bertz CT molecular complexity index is 226. The van der Waals surface area contributed by atoms with E-state index in [0.29, 0.717) is 32.7 Å². The van der Waals surface area contributed by atoms with Gasteiger partial charge in [-0.1, -0.05) is 0 Å². The van der Waals surface area contributed by atoms with Crippen molar-refractivity contribution in [3.05, 3.63) is 0 Å². The summed E-state index contributed by atoms with van der Waals surface area (Å²) >= 11 is 0. The second-order valence-corrected chi connectivity index (χ2v) is 4.62. The second-order valence-electron chi connectivity index (χ2n) is 4.62. The molecule has 0 spiro atoms. The van der Waals surface area contributed by atoms with Gasteiger partial charge in [-0.2, -0.15) is 13.2 Å². The van der Waals surface area contributed by atoms with E-state index >= 15 is 0 Å². The Morgan fingerprint density at radius 3 is 2.17 bits per heavy atom. The van der Waals surface area contributed by atoms with Gasteiger partial charge >= 0.3 is 6.18 Å². The molecule has 1 fully saturated rings. The summed E-state index contributed by atoms with van der Waals surface area (Å²) in [5.41, 5.74) is 5.51. The number of piperazine rings is 1. The smallest absolute Gasteiger partial charge is 0.380 e. The summed E-state index contributed by atoms with van der Waals surface area (Å²) in [5, 5.41) is 0. The Kier molecular flexibility index (Phi) is 6.34. The van der Waals surface area contributed by atoms with Crippen molar-refractivity contribution in [1.29, 1.82) is 0 Å². The number of hydrogen-bond donors (Lipinski definition) is 1. The summed E-state index contributed by atoms with van der Waals surface area (Å²) in [5.74, 6) is 0. The highest BCUT2D eigenvalue weighted by molar-refractivity contribution is 4.75. The first-order valence-electron chi connectivity index (χ1n) is 6.19. The van der Waals surface area contributed by atoms with Crippen LogP contribution in [0.25, 0.3) is 0 Å². The van der Waals surface area contributed by atoms with Gasteiger partial charge in [-0.05, 0) is 6.42 Å². The van der Waals surface area contributed by atoms with Crippen molar-refractivity contribution in [3.63, 3.8) is 0 Å². The highest BCUT2D eigenvalue weighted by Crippen LogP contribution is 2.17. The van der Waals surface area contributed by atoms with Crippen molar-refractivity contribution in [2.24, 2.45) is 5.73 Å². The minimum Gasteiger partial charge on any atom is -0.380 e. The maximum Gasteiger partial charge on any atom is 0.401 e. The molecule has 7 heteroatoms. The monoisotopic (exact) mass is 269 g/mol. The second kappa shape index (κ2) is 7.28. The molecule has 1 aliphatic rings. The van der Waals surface area contributed by atoms with E-state index in [0.717, 1.165) is 13.0 Å². The molecule has 0 radical (unpaired) electrons. The molecule has 0 aliphatic carbocycles. The summed E-state index contributed by atoms with van der Waals surface area (Å²) in [7, 11) is 1.62. The Morgan fingerprint density at radius 1 is 1.17 bits per heavy atom. The topological polar surface area (TPSA) is 41.7 Å². The summed E-state index contributed by atoms with van der Waals surface area (Å²) in [4.78, 5) is 3.61. The first kappa shape index (κ1) is 15.7. The lowest BCUT2D eigenvalue weighted by Gasteiger charge is -2.35. The van der Waals surface area contributed by atoms with Gasteiger partial charge in [-0.25, -0.2) is 0 Å². The minimum atomic E-state index is -4.09. The van der Waals surface area contributed by atoms with Crippen LogP contribution < -0.4 is 5.73 Å². The van der Waals surface area contributed by atoms with Crippen LogP contribution >= 0.6 is 0 Å². The van der Waals surface area contributed by atoms with Crippen molar-refractivity contribution in [3.8, 4) is 0 Å². The van der Waals surface area contributed by atoms with E-state index in [2.05, 4.69) is 4.90 Å². The quantitative estimate of drug-likeness (QED) is 0.764. The number of methoxy groups -OCH3 is 1. The fourth-order valence-electron chi connectivity index (χ4n) is 2.08. The van der Waals surface area contributed by atoms with Crippen molar-refractivity contribution in [2.75, 3.05) is 52.9 Å². The molecule has 0 bridgehead atoms. The molecule has 4 nitrogen and oxygen atoms in total. The Labute approximate surface area is 106 Å². The minimum absolute atomic E-state index is 0.0400. The number of nitrogens with two attached hydrogens (primary N) is 1. The van der Waals surface area contributed by atoms with Crippen molar-refractivity contribution >= 4 is 0 Å². The third-order valence-electron chi connectivity index (χ3n) is 3.23. The van der Waals surface area contributed by atoms with E-state index < -0.39 is 12.7 Å². The largest absolute Gasteiger partial charge is 0.401 e. The number of ether oxygens (including phenoxy) is 1. The van der Waals surface area contributed by atoms with Crippen LogP contribution in [0.1, 0.15) is 6.42 Å². The number of halogens is 3. The third kappa shape index (κ3) is 5.99. The lowest BCUT2D eigenvalue weighted by molar-refractivity contribution is -0.149. The molecule has 0 aromatic carbocycles. The Morgan fingerprint density at radius 2 is 1.72 bits per heavy atom. The number of alkyl halides is 3.